The van der Waals surface area contributed by atoms with Crippen molar-refractivity contribution in [3.63, 3.8) is 0 Å². The van der Waals surface area contributed by atoms with Gasteiger partial charge in [-0.25, -0.2) is 0 Å². The molecule has 0 spiro atoms. The van der Waals surface area contributed by atoms with Crippen molar-refractivity contribution >= 4 is 17.4 Å². The number of aryl methyl sites for hydroxylation is 2. The number of anilines is 1. The third-order valence-electron chi connectivity index (χ3n) is 5.48. The molecule has 2 aliphatic rings. The van der Waals surface area contributed by atoms with E-state index in [0.717, 1.165) is 48.4 Å². The molecule has 4 heteroatoms. The lowest BCUT2D eigenvalue weighted by molar-refractivity contribution is -0.118. The maximum atomic E-state index is 12.7. The van der Waals surface area contributed by atoms with Gasteiger partial charge < -0.3 is 9.64 Å². The molecule has 2 aromatic rings. The Hall–Kier alpha value is -2.62. The van der Waals surface area contributed by atoms with Crippen molar-refractivity contribution in [1.29, 1.82) is 0 Å². The normalized spacial score (nSPS) is 15.4. The largest absolute Gasteiger partial charge is 0.493 e. The topological polar surface area (TPSA) is 46.6 Å². The molecular weight excluding hydrogens is 338 g/mol. The monoisotopic (exact) mass is 363 g/mol. The van der Waals surface area contributed by atoms with Gasteiger partial charge in [-0.1, -0.05) is 29.8 Å². The van der Waals surface area contributed by atoms with Crippen molar-refractivity contribution in [2.75, 3.05) is 18.1 Å². The van der Waals surface area contributed by atoms with Gasteiger partial charge in [0.2, 0.25) is 5.91 Å². The Kier molecular flexibility index (Phi) is 4.97. The Balaban J connectivity index is 1.33. The number of benzene rings is 2. The maximum Gasteiger partial charge on any atom is 0.227 e. The summed E-state index contributed by atoms with van der Waals surface area (Å²) in [5, 5.41) is 0. The summed E-state index contributed by atoms with van der Waals surface area (Å²) in [4.78, 5) is 26.5. The van der Waals surface area contributed by atoms with Gasteiger partial charge in [0, 0.05) is 36.2 Å². The first kappa shape index (κ1) is 17.8. The minimum atomic E-state index is 0.164. The highest BCUT2D eigenvalue weighted by atomic mass is 16.5. The Labute approximate surface area is 160 Å². The van der Waals surface area contributed by atoms with Crippen LogP contribution < -0.4 is 9.64 Å². The van der Waals surface area contributed by atoms with E-state index in [1.165, 1.54) is 11.1 Å². The Bertz CT molecular complexity index is 887. The van der Waals surface area contributed by atoms with E-state index in [2.05, 4.69) is 25.1 Å². The third-order valence-corrected chi connectivity index (χ3v) is 5.48. The van der Waals surface area contributed by atoms with Gasteiger partial charge in [0.1, 0.15) is 5.75 Å². The second kappa shape index (κ2) is 7.55. The van der Waals surface area contributed by atoms with Crippen LogP contribution in [0.5, 0.6) is 5.75 Å². The van der Waals surface area contributed by atoms with Crippen LogP contribution in [-0.4, -0.2) is 24.8 Å². The molecule has 0 N–H and O–H groups in total. The van der Waals surface area contributed by atoms with Gasteiger partial charge in [-0.15, -0.1) is 0 Å². The highest BCUT2D eigenvalue weighted by Gasteiger charge is 2.24. The van der Waals surface area contributed by atoms with Gasteiger partial charge in [-0.05, 0) is 50.3 Å². The molecule has 1 aliphatic heterocycles. The van der Waals surface area contributed by atoms with Crippen molar-refractivity contribution in [3.8, 4) is 5.75 Å². The molecule has 0 saturated carbocycles. The van der Waals surface area contributed by atoms with E-state index in [9.17, 15) is 9.59 Å². The van der Waals surface area contributed by atoms with E-state index in [0.29, 0.717) is 25.9 Å². The van der Waals surface area contributed by atoms with Gasteiger partial charge in [-0.2, -0.15) is 0 Å². The van der Waals surface area contributed by atoms with E-state index in [1.807, 2.05) is 23.1 Å². The van der Waals surface area contributed by atoms with Crippen LogP contribution in [0.2, 0.25) is 0 Å². The van der Waals surface area contributed by atoms with Gasteiger partial charge in [-0.3, -0.25) is 9.59 Å². The molecule has 0 fully saturated rings. The predicted molar refractivity (Wildman–Crippen MR) is 106 cm³/mol. The summed E-state index contributed by atoms with van der Waals surface area (Å²) in [6, 6.07) is 12.0. The zero-order valence-electron chi connectivity index (χ0n) is 15.8. The fraction of sp³-hybridized carbons (Fsp3) is 0.391. The Morgan fingerprint density at radius 2 is 2.04 bits per heavy atom. The lowest BCUT2D eigenvalue weighted by Crippen LogP contribution is -2.35. The summed E-state index contributed by atoms with van der Waals surface area (Å²) in [5.41, 5.74) is 5.40. The van der Waals surface area contributed by atoms with Crippen molar-refractivity contribution in [2.24, 2.45) is 0 Å². The van der Waals surface area contributed by atoms with E-state index in [4.69, 9.17) is 4.74 Å². The lowest BCUT2D eigenvalue weighted by atomic mass is 9.99. The fourth-order valence-corrected chi connectivity index (χ4v) is 4.12. The van der Waals surface area contributed by atoms with Gasteiger partial charge in [0.25, 0.3) is 0 Å². The van der Waals surface area contributed by atoms with E-state index in [-0.39, 0.29) is 11.7 Å². The smallest absolute Gasteiger partial charge is 0.227 e. The molecule has 1 heterocycles. The molecule has 27 heavy (non-hydrogen) atoms. The number of Topliss-reactive ketones (excluding diaryl/α,β-unsaturated/α-hetero) is 1. The predicted octanol–water partition coefficient (Wildman–Crippen LogP) is 4.26. The maximum absolute atomic E-state index is 12.7. The molecule has 0 radical (unpaired) electrons. The summed E-state index contributed by atoms with van der Waals surface area (Å²) < 4.78 is 5.90. The molecule has 0 atom stereocenters. The average Bonchev–Trinajstić information content (AvgIpc) is 3.06. The molecule has 1 aliphatic carbocycles. The molecule has 0 unspecified atom stereocenters. The first-order chi connectivity index (χ1) is 13.1. The van der Waals surface area contributed by atoms with Crippen LogP contribution in [-0.2, 0) is 17.6 Å². The highest BCUT2D eigenvalue weighted by molar-refractivity contribution is 6.01. The van der Waals surface area contributed by atoms with Crippen LogP contribution in [0.4, 0.5) is 5.69 Å². The number of hydrogen-bond acceptors (Lipinski definition) is 3. The number of fused-ring (bicyclic) bond motifs is 2. The van der Waals surface area contributed by atoms with Crippen LogP contribution in [0.25, 0.3) is 0 Å². The van der Waals surface area contributed by atoms with Crippen molar-refractivity contribution in [1.82, 2.24) is 0 Å². The first-order valence-electron chi connectivity index (χ1n) is 9.81. The van der Waals surface area contributed by atoms with E-state index in [1.54, 1.807) is 0 Å². The molecule has 2 aromatic carbocycles. The number of ether oxygens (including phenoxy) is 1. The standard InChI is InChI=1S/C23H25NO3/c1-16-9-11-20-17(15-16)5-3-13-24(20)23(26)8-4-14-27-22-7-2-6-18-19(22)10-12-21(18)25/h2,6-7,9,11,15H,3-5,8,10,12-14H2,1H3. The molecular formula is C23H25NO3. The summed E-state index contributed by atoms with van der Waals surface area (Å²) in [6.07, 6.45) is 4.54. The van der Waals surface area contributed by atoms with Crippen molar-refractivity contribution < 1.29 is 14.3 Å². The summed E-state index contributed by atoms with van der Waals surface area (Å²) >= 11 is 0. The van der Waals surface area contributed by atoms with Crippen molar-refractivity contribution in [2.45, 2.75) is 45.4 Å². The zero-order valence-corrected chi connectivity index (χ0v) is 15.8. The van der Waals surface area contributed by atoms with Crippen LogP contribution in [0.15, 0.2) is 36.4 Å². The van der Waals surface area contributed by atoms with E-state index < -0.39 is 0 Å². The van der Waals surface area contributed by atoms with Gasteiger partial charge in [0.05, 0.1) is 6.61 Å². The van der Waals surface area contributed by atoms with Crippen LogP contribution in [0.1, 0.15) is 52.7 Å². The first-order valence-corrected chi connectivity index (χ1v) is 9.81. The summed E-state index contributed by atoms with van der Waals surface area (Å²) in [5.74, 6) is 1.16. The molecule has 4 nitrogen and oxygen atoms in total. The molecule has 1 amide bonds. The lowest BCUT2D eigenvalue weighted by Gasteiger charge is -2.30. The van der Waals surface area contributed by atoms with Crippen LogP contribution >= 0.6 is 0 Å². The number of amides is 1. The van der Waals surface area contributed by atoms with Crippen LogP contribution in [0.3, 0.4) is 0 Å². The van der Waals surface area contributed by atoms with Crippen LogP contribution in [0, 0.1) is 6.92 Å². The van der Waals surface area contributed by atoms with Gasteiger partial charge >= 0.3 is 0 Å². The number of hydrogen-bond donors (Lipinski definition) is 0. The summed E-state index contributed by atoms with van der Waals surface area (Å²) in [7, 11) is 0. The second-order valence-corrected chi connectivity index (χ2v) is 7.44. The fourth-order valence-electron chi connectivity index (χ4n) is 4.12. The second-order valence-electron chi connectivity index (χ2n) is 7.44. The van der Waals surface area contributed by atoms with Crippen molar-refractivity contribution in [3.05, 3.63) is 58.7 Å². The van der Waals surface area contributed by atoms with Gasteiger partial charge in [0.15, 0.2) is 5.78 Å². The highest BCUT2D eigenvalue weighted by Crippen LogP contribution is 2.31. The molecule has 0 saturated heterocycles. The number of carbonyl (C=O) groups is 2. The number of carbonyl (C=O) groups excluding carboxylic acids is 2. The number of rotatable bonds is 5. The molecule has 4 rings (SSSR count). The SMILES string of the molecule is Cc1ccc2c(c1)CCCN2C(=O)CCCOc1cccc2c1CCC2=O. The number of ketones is 1. The molecule has 140 valence electrons. The zero-order chi connectivity index (χ0) is 18.8. The van der Waals surface area contributed by atoms with E-state index >= 15 is 0 Å². The Morgan fingerprint density at radius 1 is 1.15 bits per heavy atom. The summed E-state index contributed by atoms with van der Waals surface area (Å²) in [6.45, 7) is 3.38. The minimum absolute atomic E-state index is 0.164. The average molecular weight is 363 g/mol. The quantitative estimate of drug-likeness (QED) is 0.746. The molecule has 0 bridgehead atoms. The minimum Gasteiger partial charge on any atom is -0.493 e. The Morgan fingerprint density at radius 3 is 2.93 bits per heavy atom. The third kappa shape index (κ3) is 3.61. The molecule has 0 aromatic heterocycles. The number of nitrogens with zero attached hydrogens (tertiary/aromatic N) is 1.